The van der Waals surface area contributed by atoms with Crippen molar-refractivity contribution in [3.63, 3.8) is 0 Å². The zero-order valence-corrected chi connectivity index (χ0v) is 13.5. The Morgan fingerprint density at radius 3 is 2.45 bits per heavy atom. The Morgan fingerprint density at radius 1 is 1.15 bits per heavy atom. The second kappa shape index (κ2) is 7.24. The van der Waals surface area contributed by atoms with Crippen LogP contribution in [-0.2, 0) is 0 Å². The molecule has 0 amide bonds. The topological polar surface area (TPSA) is 15.3 Å². The van der Waals surface area contributed by atoms with Crippen LogP contribution in [0.25, 0.3) is 0 Å². The molecule has 1 heterocycles. The summed E-state index contributed by atoms with van der Waals surface area (Å²) in [5, 5.41) is 3.74. The van der Waals surface area contributed by atoms with Crippen molar-refractivity contribution in [3.05, 3.63) is 35.4 Å². The molecule has 0 aromatic heterocycles. The van der Waals surface area contributed by atoms with Crippen molar-refractivity contribution in [3.8, 4) is 0 Å². The van der Waals surface area contributed by atoms with Crippen LogP contribution in [0, 0.1) is 12.8 Å². The molecule has 1 aromatic rings. The fraction of sp³-hybridized carbons (Fsp3) is 0.667. The minimum absolute atomic E-state index is 0.429. The van der Waals surface area contributed by atoms with Gasteiger partial charge in [0.1, 0.15) is 0 Å². The number of nitrogens with one attached hydrogen (secondary N) is 1. The van der Waals surface area contributed by atoms with Gasteiger partial charge in [-0.3, -0.25) is 4.90 Å². The van der Waals surface area contributed by atoms with Crippen molar-refractivity contribution in [2.75, 3.05) is 19.6 Å². The zero-order valence-electron chi connectivity index (χ0n) is 13.5. The highest BCUT2D eigenvalue weighted by Crippen LogP contribution is 2.19. The first kappa shape index (κ1) is 15.5. The fourth-order valence-electron chi connectivity index (χ4n) is 3.21. The third-order valence-electron chi connectivity index (χ3n) is 4.55. The molecule has 1 aromatic carbocycles. The van der Waals surface area contributed by atoms with Gasteiger partial charge in [-0.05, 0) is 51.3 Å². The second-order valence-corrected chi connectivity index (χ2v) is 6.60. The molecular weight excluding hydrogens is 244 g/mol. The molecule has 1 N–H and O–H groups in total. The Balaban J connectivity index is 1.91. The smallest absolute Gasteiger partial charge is 0.0292 e. The third-order valence-corrected chi connectivity index (χ3v) is 4.55. The quantitative estimate of drug-likeness (QED) is 0.849. The number of benzene rings is 1. The van der Waals surface area contributed by atoms with Crippen LogP contribution in [0.15, 0.2) is 24.3 Å². The van der Waals surface area contributed by atoms with Crippen LogP contribution >= 0.6 is 0 Å². The molecule has 2 rings (SSSR count). The molecule has 1 saturated heterocycles. The molecular formula is C18H30N2. The van der Waals surface area contributed by atoms with E-state index in [4.69, 9.17) is 0 Å². The zero-order chi connectivity index (χ0) is 14.5. The summed E-state index contributed by atoms with van der Waals surface area (Å²) in [6.07, 6.45) is 2.74. The first-order chi connectivity index (χ1) is 9.58. The Bertz CT molecular complexity index is 408. The average Bonchev–Trinajstić information content (AvgIpc) is 2.92. The summed E-state index contributed by atoms with van der Waals surface area (Å²) in [6, 6.07) is 9.94. The van der Waals surface area contributed by atoms with Gasteiger partial charge in [-0.2, -0.15) is 0 Å². The number of likely N-dealkylation sites (tertiary alicyclic amines) is 1. The van der Waals surface area contributed by atoms with Gasteiger partial charge in [0, 0.05) is 18.6 Å². The van der Waals surface area contributed by atoms with Crippen molar-refractivity contribution in [1.29, 1.82) is 0 Å². The van der Waals surface area contributed by atoms with Crippen molar-refractivity contribution < 1.29 is 0 Å². The van der Waals surface area contributed by atoms with Crippen LogP contribution in [0.2, 0.25) is 0 Å². The summed E-state index contributed by atoms with van der Waals surface area (Å²) in [4.78, 5) is 2.67. The van der Waals surface area contributed by atoms with Crippen molar-refractivity contribution in [2.45, 2.75) is 52.6 Å². The maximum Gasteiger partial charge on any atom is 0.0292 e. The van der Waals surface area contributed by atoms with E-state index in [0.29, 0.717) is 18.0 Å². The van der Waals surface area contributed by atoms with Crippen LogP contribution in [-0.4, -0.2) is 30.6 Å². The summed E-state index contributed by atoms with van der Waals surface area (Å²) in [6.45, 7) is 12.8. The van der Waals surface area contributed by atoms with E-state index in [1.54, 1.807) is 0 Å². The average molecular weight is 274 g/mol. The van der Waals surface area contributed by atoms with Crippen molar-refractivity contribution in [2.24, 2.45) is 5.92 Å². The lowest BCUT2D eigenvalue weighted by atomic mass is 10.0. The maximum absolute atomic E-state index is 3.74. The van der Waals surface area contributed by atoms with Crippen LogP contribution in [0.4, 0.5) is 0 Å². The Hall–Kier alpha value is -0.860. The lowest BCUT2D eigenvalue weighted by Gasteiger charge is -2.32. The first-order valence-corrected chi connectivity index (χ1v) is 8.12. The molecule has 2 atom stereocenters. The molecule has 20 heavy (non-hydrogen) atoms. The van der Waals surface area contributed by atoms with E-state index >= 15 is 0 Å². The van der Waals surface area contributed by atoms with E-state index in [2.05, 4.69) is 62.2 Å². The van der Waals surface area contributed by atoms with Gasteiger partial charge in [-0.25, -0.2) is 0 Å². The van der Waals surface area contributed by atoms with Crippen LogP contribution in [0.1, 0.15) is 50.8 Å². The molecule has 2 heteroatoms. The van der Waals surface area contributed by atoms with Crippen LogP contribution < -0.4 is 5.32 Å². The Morgan fingerprint density at radius 2 is 1.85 bits per heavy atom. The monoisotopic (exact) mass is 274 g/mol. The normalized spacial score (nSPS) is 19.4. The highest BCUT2D eigenvalue weighted by molar-refractivity contribution is 5.24. The molecule has 2 nitrogen and oxygen atoms in total. The Labute approximate surface area is 124 Å². The maximum atomic E-state index is 3.74. The molecule has 0 saturated carbocycles. The van der Waals surface area contributed by atoms with Gasteiger partial charge in [0.2, 0.25) is 0 Å². The van der Waals surface area contributed by atoms with Gasteiger partial charge in [0.15, 0.2) is 0 Å². The Kier molecular flexibility index (Phi) is 5.62. The van der Waals surface area contributed by atoms with Gasteiger partial charge in [-0.1, -0.05) is 43.7 Å². The third kappa shape index (κ3) is 4.07. The van der Waals surface area contributed by atoms with E-state index in [9.17, 15) is 0 Å². The fourth-order valence-corrected chi connectivity index (χ4v) is 3.21. The van der Waals surface area contributed by atoms with Gasteiger partial charge < -0.3 is 5.32 Å². The molecule has 1 fully saturated rings. The molecule has 0 bridgehead atoms. The highest BCUT2D eigenvalue weighted by Gasteiger charge is 2.24. The van der Waals surface area contributed by atoms with E-state index in [0.717, 1.165) is 6.54 Å². The van der Waals surface area contributed by atoms with Gasteiger partial charge in [-0.15, -0.1) is 0 Å². The van der Waals surface area contributed by atoms with Gasteiger partial charge in [0.05, 0.1) is 0 Å². The molecule has 0 radical (unpaired) electrons. The number of rotatable bonds is 6. The first-order valence-electron chi connectivity index (χ1n) is 8.12. The lowest BCUT2D eigenvalue weighted by molar-refractivity contribution is 0.183. The van der Waals surface area contributed by atoms with Crippen LogP contribution in [0.3, 0.4) is 0 Å². The summed E-state index contributed by atoms with van der Waals surface area (Å²) >= 11 is 0. The number of nitrogens with zero attached hydrogens (tertiary/aromatic N) is 1. The number of aryl methyl sites for hydroxylation is 1. The highest BCUT2D eigenvalue weighted by atomic mass is 15.2. The number of hydrogen-bond donors (Lipinski definition) is 1. The SMILES string of the molecule is Cc1cccc(C(C)NCC(C(C)C)N2CCCC2)c1. The van der Waals surface area contributed by atoms with Gasteiger partial charge >= 0.3 is 0 Å². The molecule has 0 aliphatic carbocycles. The molecule has 1 aliphatic heterocycles. The second-order valence-electron chi connectivity index (χ2n) is 6.60. The van der Waals surface area contributed by atoms with Crippen molar-refractivity contribution in [1.82, 2.24) is 10.2 Å². The summed E-state index contributed by atoms with van der Waals surface area (Å²) in [5.41, 5.74) is 2.74. The summed E-state index contributed by atoms with van der Waals surface area (Å²) < 4.78 is 0. The minimum Gasteiger partial charge on any atom is -0.309 e. The molecule has 0 spiro atoms. The largest absolute Gasteiger partial charge is 0.309 e. The molecule has 2 unspecified atom stereocenters. The van der Waals surface area contributed by atoms with Gasteiger partial charge in [0.25, 0.3) is 0 Å². The standard InChI is InChI=1S/C18H30N2/c1-14(2)18(20-10-5-6-11-20)13-19-16(4)17-9-7-8-15(3)12-17/h7-9,12,14,16,18-19H,5-6,10-11,13H2,1-4H3. The lowest BCUT2D eigenvalue weighted by Crippen LogP contribution is -2.44. The molecule has 112 valence electrons. The van der Waals surface area contributed by atoms with Crippen molar-refractivity contribution >= 4 is 0 Å². The predicted octanol–water partition coefficient (Wildman–Crippen LogP) is 3.77. The van der Waals surface area contributed by atoms with E-state index in [-0.39, 0.29) is 0 Å². The number of hydrogen-bond acceptors (Lipinski definition) is 2. The van der Waals surface area contributed by atoms with Crippen LogP contribution in [0.5, 0.6) is 0 Å². The summed E-state index contributed by atoms with van der Waals surface area (Å²) in [7, 11) is 0. The minimum atomic E-state index is 0.429. The van der Waals surface area contributed by atoms with E-state index in [1.807, 2.05) is 0 Å². The summed E-state index contributed by atoms with van der Waals surface area (Å²) in [5.74, 6) is 0.713. The molecule has 1 aliphatic rings. The van der Waals surface area contributed by atoms with E-state index < -0.39 is 0 Å². The predicted molar refractivity (Wildman–Crippen MR) is 87.0 cm³/mol. The van der Waals surface area contributed by atoms with E-state index in [1.165, 1.54) is 37.1 Å².